The van der Waals surface area contributed by atoms with Crippen molar-refractivity contribution in [1.82, 2.24) is 15.1 Å². The number of para-hydroxylation sites is 1. The van der Waals surface area contributed by atoms with Crippen molar-refractivity contribution in [3.8, 4) is 0 Å². The Hall–Kier alpha value is -4.50. The molecule has 4 heterocycles. The van der Waals surface area contributed by atoms with Crippen LogP contribution in [0.4, 0.5) is 24.5 Å². The molecular formula is C38H42F3N5O6. The molecular weight excluding hydrogens is 679 g/mol. The van der Waals surface area contributed by atoms with Gasteiger partial charge in [-0.2, -0.15) is 13.2 Å². The zero-order chi connectivity index (χ0) is 36.5. The fourth-order valence-corrected chi connectivity index (χ4v) is 7.89. The molecule has 1 spiro atoms. The fourth-order valence-electron chi connectivity index (χ4n) is 7.89. The second-order valence-corrected chi connectivity index (χ2v) is 13.9. The Kier molecular flexibility index (Phi) is 10.3. The van der Waals surface area contributed by atoms with E-state index in [1.807, 2.05) is 54.6 Å². The van der Waals surface area contributed by atoms with Gasteiger partial charge in [-0.15, -0.1) is 0 Å². The summed E-state index contributed by atoms with van der Waals surface area (Å²) in [6, 6.07) is 23.1. The Morgan fingerprint density at radius 2 is 1.69 bits per heavy atom. The van der Waals surface area contributed by atoms with E-state index in [1.165, 1.54) is 0 Å². The highest BCUT2D eigenvalue weighted by molar-refractivity contribution is 5.98. The number of aliphatic hydroxyl groups excluding tert-OH is 1. The van der Waals surface area contributed by atoms with Crippen molar-refractivity contribution >= 4 is 29.1 Å². The van der Waals surface area contributed by atoms with Crippen molar-refractivity contribution in [3.05, 3.63) is 95.6 Å². The number of benzene rings is 3. The number of hydrogen-bond acceptors (Lipinski definition) is 8. The molecule has 4 atom stereocenters. The molecule has 0 bridgehead atoms. The van der Waals surface area contributed by atoms with E-state index in [9.17, 15) is 32.7 Å². The molecule has 52 heavy (non-hydrogen) atoms. The Labute approximate surface area is 299 Å². The molecule has 4 saturated heterocycles. The molecule has 0 aromatic heterocycles. The van der Waals surface area contributed by atoms with E-state index >= 15 is 0 Å². The van der Waals surface area contributed by atoms with Gasteiger partial charge < -0.3 is 39.9 Å². The lowest BCUT2D eigenvalue weighted by Crippen LogP contribution is -2.57. The van der Waals surface area contributed by atoms with Crippen LogP contribution in [0.2, 0.25) is 0 Å². The highest BCUT2D eigenvalue weighted by Crippen LogP contribution is 2.40. The molecule has 0 radical (unpaired) electrons. The summed E-state index contributed by atoms with van der Waals surface area (Å²) < 4.78 is 52.6. The van der Waals surface area contributed by atoms with Crippen LogP contribution in [0.15, 0.2) is 78.9 Å². The Morgan fingerprint density at radius 3 is 2.40 bits per heavy atom. The normalized spacial score (nSPS) is 25.0. The maximum atomic E-state index is 13.2. The van der Waals surface area contributed by atoms with Gasteiger partial charge in [-0.3, -0.25) is 14.4 Å². The maximum Gasteiger partial charge on any atom is 0.471 e. The predicted octanol–water partition coefficient (Wildman–Crippen LogP) is 4.64. The number of ether oxygens (including phenoxy) is 2. The zero-order valence-electron chi connectivity index (χ0n) is 28.6. The summed E-state index contributed by atoms with van der Waals surface area (Å²) in [4.78, 5) is 43.4. The lowest BCUT2D eigenvalue weighted by atomic mass is 9.85. The summed E-state index contributed by atoms with van der Waals surface area (Å²) in [5.41, 5.74) is 3.02. The molecule has 3 aromatic carbocycles. The summed E-state index contributed by atoms with van der Waals surface area (Å²) in [6.07, 6.45) is -4.24. The number of likely N-dealkylation sites (tertiary alicyclic amines) is 2. The van der Waals surface area contributed by atoms with E-state index in [0.717, 1.165) is 16.8 Å². The quantitative estimate of drug-likeness (QED) is 0.308. The first-order valence-electron chi connectivity index (χ1n) is 17.7. The average Bonchev–Trinajstić information content (AvgIpc) is 3.77. The first-order chi connectivity index (χ1) is 25.0. The van der Waals surface area contributed by atoms with Crippen LogP contribution in [0.5, 0.6) is 0 Å². The number of anilines is 2. The number of nitrogens with zero attached hydrogens (tertiary/aromatic N) is 3. The Morgan fingerprint density at radius 1 is 0.942 bits per heavy atom. The number of amides is 3. The summed E-state index contributed by atoms with van der Waals surface area (Å²) in [6.45, 7) is 2.21. The number of alkyl halides is 3. The molecule has 4 aliphatic rings. The third-order valence-corrected chi connectivity index (χ3v) is 10.7. The van der Waals surface area contributed by atoms with E-state index in [2.05, 4.69) is 20.4 Å². The molecule has 7 rings (SSSR count). The maximum absolute atomic E-state index is 13.2. The van der Waals surface area contributed by atoms with Crippen molar-refractivity contribution in [2.45, 2.75) is 75.0 Å². The monoisotopic (exact) mass is 721 g/mol. The molecule has 14 heteroatoms. The van der Waals surface area contributed by atoms with E-state index < -0.39 is 35.9 Å². The van der Waals surface area contributed by atoms with Gasteiger partial charge in [-0.1, -0.05) is 54.6 Å². The Bertz CT molecular complexity index is 1750. The van der Waals surface area contributed by atoms with Gasteiger partial charge in [0.25, 0.3) is 0 Å². The van der Waals surface area contributed by atoms with Crippen LogP contribution in [0.3, 0.4) is 0 Å². The van der Waals surface area contributed by atoms with Crippen molar-refractivity contribution in [1.29, 1.82) is 0 Å². The minimum absolute atomic E-state index is 0.0457. The van der Waals surface area contributed by atoms with Gasteiger partial charge in [0.1, 0.15) is 11.6 Å². The summed E-state index contributed by atoms with van der Waals surface area (Å²) in [5, 5.41) is 15.3. The fraction of sp³-hybridized carbons (Fsp3) is 0.447. The van der Waals surface area contributed by atoms with Crippen LogP contribution < -0.4 is 15.5 Å². The first kappa shape index (κ1) is 35.9. The predicted molar refractivity (Wildman–Crippen MR) is 185 cm³/mol. The van der Waals surface area contributed by atoms with Crippen molar-refractivity contribution in [2.24, 2.45) is 0 Å². The average molecular weight is 722 g/mol. The minimum Gasteiger partial charge on any atom is -0.392 e. The van der Waals surface area contributed by atoms with Gasteiger partial charge in [0.05, 0.1) is 25.5 Å². The summed E-state index contributed by atoms with van der Waals surface area (Å²) in [5.74, 6) is -2.66. The third-order valence-electron chi connectivity index (χ3n) is 10.7. The number of carbonyl (C=O) groups excluding carboxylic acids is 3. The van der Waals surface area contributed by atoms with Gasteiger partial charge in [0.2, 0.25) is 11.8 Å². The van der Waals surface area contributed by atoms with Crippen LogP contribution in [-0.2, 0) is 30.5 Å². The molecule has 276 valence electrons. The van der Waals surface area contributed by atoms with Gasteiger partial charge >= 0.3 is 12.1 Å². The third kappa shape index (κ3) is 7.38. The number of piperidine rings is 1. The number of nitrogens with one attached hydrogen (secondary N) is 2. The van der Waals surface area contributed by atoms with Crippen LogP contribution in [0.25, 0.3) is 0 Å². The van der Waals surface area contributed by atoms with E-state index in [1.54, 1.807) is 24.3 Å². The SMILES string of the molecule is O=C(Nc1cccc([C@@H]2O[C@H](CN3CCC4(CC3)C(=O)NCN4c3ccccc3)C[C@H](c3ccc(CO)cc3)O2)c1)[C@@H]1CCCN1C(=O)C(F)(F)F. The lowest BCUT2D eigenvalue weighted by Gasteiger charge is -2.45. The van der Waals surface area contributed by atoms with Crippen LogP contribution >= 0.6 is 0 Å². The molecule has 11 nitrogen and oxygen atoms in total. The Balaban J connectivity index is 1.06. The van der Waals surface area contributed by atoms with Crippen LogP contribution in [0, 0.1) is 0 Å². The molecule has 3 amide bonds. The van der Waals surface area contributed by atoms with Crippen LogP contribution in [-0.4, -0.2) is 89.3 Å². The molecule has 3 N–H and O–H groups in total. The topological polar surface area (TPSA) is 124 Å². The summed E-state index contributed by atoms with van der Waals surface area (Å²) in [7, 11) is 0. The number of aliphatic hydroxyl groups is 1. The van der Waals surface area contributed by atoms with E-state index in [0.29, 0.717) is 68.1 Å². The number of carbonyl (C=O) groups is 3. The molecule has 4 fully saturated rings. The van der Waals surface area contributed by atoms with Crippen molar-refractivity contribution in [3.63, 3.8) is 0 Å². The first-order valence-corrected chi connectivity index (χ1v) is 17.7. The largest absolute Gasteiger partial charge is 0.471 e. The standard InChI is InChI=1S/C38H42F3N5O6/c39-38(40,41)36(50)45-17-5-10-31(45)33(48)43-28-7-4-6-27(20-28)34-51-30(21-32(52-34)26-13-11-25(23-47)12-14-26)22-44-18-15-37(16-19-44)35(49)42-24-46(37)29-8-2-1-3-9-29/h1-4,6-9,11-14,20,30-32,34,47H,5,10,15-19,21-24H2,(H,42,49)(H,43,48)/t30-,31-,32+,34+/m0/s1. The highest BCUT2D eigenvalue weighted by atomic mass is 19.4. The van der Waals surface area contributed by atoms with Gasteiger partial charge in [0, 0.05) is 49.5 Å². The van der Waals surface area contributed by atoms with Crippen LogP contribution in [0.1, 0.15) is 61.2 Å². The highest BCUT2D eigenvalue weighted by Gasteiger charge is 2.51. The lowest BCUT2D eigenvalue weighted by molar-refractivity contribution is -0.253. The molecule has 3 aromatic rings. The van der Waals surface area contributed by atoms with Gasteiger partial charge in [-0.05, 0) is 61.1 Å². The number of rotatable bonds is 8. The van der Waals surface area contributed by atoms with E-state index in [4.69, 9.17) is 9.47 Å². The molecule has 4 aliphatic heterocycles. The van der Waals surface area contributed by atoms with Crippen molar-refractivity contribution in [2.75, 3.05) is 43.1 Å². The second-order valence-electron chi connectivity index (χ2n) is 13.9. The number of halogens is 3. The number of hydrogen-bond donors (Lipinski definition) is 3. The van der Waals surface area contributed by atoms with Crippen molar-refractivity contribution < 1.29 is 42.1 Å². The zero-order valence-corrected chi connectivity index (χ0v) is 28.6. The molecule has 0 unspecified atom stereocenters. The smallest absolute Gasteiger partial charge is 0.392 e. The second kappa shape index (κ2) is 14.9. The summed E-state index contributed by atoms with van der Waals surface area (Å²) >= 11 is 0. The van der Waals surface area contributed by atoms with E-state index in [-0.39, 0.29) is 37.7 Å². The van der Waals surface area contributed by atoms with Gasteiger partial charge in [0.15, 0.2) is 6.29 Å². The molecule has 0 aliphatic carbocycles. The van der Waals surface area contributed by atoms with Gasteiger partial charge in [-0.25, -0.2) is 0 Å². The molecule has 0 saturated carbocycles. The minimum atomic E-state index is -5.06.